The molecule has 0 amide bonds. The average Bonchev–Trinajstić information content (AvgIpc) is 2.26. The highest BCUT2D eigenvalue weighted by Gasteiger charge is 2.02. The molecule has 1 aromatic carbocycles. The Labute approximate surface area is 91.7 Å². The molecule has 0 radical (unpaired) electrons. The minimum Gasteiger partial charge on any atom is -0.489 e. The molecule has 0 aliphatic carbocycles. The molecule has 0 aromatic heterocycles. The summed E-state index contributed by atoms with van der Waals surface area (Å²) in [6.07, 6.45) is 0.948. The fourth-order valence-corrected chi connectivity index (χ4v) is 1.29. The van der Waals surface area contributed by atoms with Crippen LogP contribution in [0, 0.1) is 6.92 Å². The first-order valence-electron chi connectivity index (χ1n) is 5.26. The first-order chi connectivity index (χ1) is 7.17. The van der Waals surface area contributed by atoms with Gasteiger partial charge in [0, 0.05) is 12.1 Å². The lowest BCUT2D eigenvalue weighted by Crippen LogP contribution is -2.05. The Bertz CT molecular complexity index is 344. The number of hydrogen-bond donors (Lipinski definition) is 1. The van der Waals surface area contributed by atoms with Crippen LogP contribution in [0.1, 0.15) is 24.5 Å². The van der Waals surface area contributed by atoms with Crippen molar-refractivity contribution in [3.63, 3.8) is 0 Å². The molecular weight excluding hydrogens is 186 g/mol. The molecule has 0 saturated heterocycles. The third-order valence-electron chi connectivity index (χ3n) is 2.37. The van der Waals surface area contributed by atoms with E-state index in [1.54, 1.807) is 0 Å². The Hall–Kier alpha value is -1.28. The second-order valence-electron chi connectivity index (χ2n) is 3.71. The molecule has 0 spiro atoms. The van der Waals surface area contributed by atoms with E-state index >= 15 is 0 Å². The molecule has 0 aliphatic rings. The molecule has 1 aromatic rings. The molecule has 0 heterocycles. The zero-order valence-corrected chi connectivity index (χ0v) is 9.55. The number of ether oxygens (including phenoxy) is 1. The summed E-state index contributed by atoms with van der Waals surface area (Å²) in [4.78, 5) is 0. The maximum Gasteiger partial charge on any atom is 0.124 e. The van der Waals surface area contributed by atoms with Crippen LogP contribution in [0.3, 0.4) is 0 Å². The molecular formula is C13H19NO. The van der Waals surface area contributed by atoms with Gasteiger partial charge in [-0.1, -0.05) is 31.2 Å². The number of benzene rings is 1. The van der Waals surface area contributed by atoms with Gasteiger partial charge in [-0.05, 0) is 25.0 Å². The summed E-state index contributed by atoms with van der Waals surface area (Å²) >= 11 is 0. The molecule has 2 N–H and O–H groups in total. The highest BCUT2D eigenvalue weighted by Crippen LogP contribution is 2.20. The van der Waals surface area contributed by atoms with E-state index < -0.39 is 0 Å². The van der Waals surface area contributed by atoms with Gasteiger partial charge in [0.2, 0.25) is 0 Å². The summed E-state index contributed by atoms with van der Waals surface area (Å²) in [5.74, 6) is 0.873. The normalized spacial score (nSPS) is 10.1. The minimum atomic E-state index is 0.510. The number of aryl methyl sites for hydroxylation is 1. The van der Waals surface area contributed by atoms with Crippen molar-refractivity contribution in [1.82, 2.24) is 0 Å². The van der Waals surface area contributed by atoms with Gasteiger partial charge in [0.25, 0.3) is 0 Å². The van der Waals surface area contributed by atoms with Gasteiger partial charge in [0.05, 0.1) is 0 Å². The first-order valence-corrected chi connectivity index (χ1v) is 5.26. The molecule has 0 saturated carbocycles. The van der Waals surface area contributed by atoms with E-state index in [0.717, 1.165) is 23.3 Å². The van der Waals surface area contributed by atoms with E-state index in [4.69, 9.17) is 10.5 Å². The molecule has 2 nitrogen and oxygen atoms in total. The largest absolute Gasteiger partial charge is 0.489 e. The summed E-state index contributed by atoms with van der Waals surface area (Å²) in [5.41, 5.74) is 9.01. The SMILES string of the molecule is C=C(CC)COc1ccc(C)cc1CN. The van der Waals surface area contributed by atoms with Crippen LogP contribution in [-0.4, -0.2) is 6.61 Å². The first kappa shape index (κ1) is 11.8. The van der Waals surface area contributed by atoms with Crippen molar-refractivity contribution < 1.29 is 4.74 Å². The monoisotopic (exact) mass is 205 g/mol. The van der Waals surface area contributed by atoms with E-state index in [9.17, 15) is 0 Å². The number of hydrogen-bond acceptors (Lipinski definition) is 2. The van der Waals surface area contributed by atoms with Crippen molar-refractivity contribution >= 4 is 0 Å². The Morgan fingerprint density at radius 1 is 1.47 bits per heavy atom. The third kappa shape index (κ3) is 3.40. The van der Waals surface area contributed by atoms with Crippen LogP contribution < -0.4 is 10.5 Å². The summed E-state index contributed by atoms with van der Waals surface area (Å²) in [6.45, 7) is 9.11. The van der Waals surface area contributed by atoms with E-state index in [2.05, 4.69) is 19.6 Å². The lowest BCUT2D eigenvalue weighted by Gasteiger charge is -2.11. The molecule has 82 valence electrons. The standard InChI is InChI=1S/C13H19NO/c1-4-10(2)9-15-13-6-5-11(3)7-12(13)8-14/h5-7H,2,4,8-9,14H2,1,3H3. The highest BCUT2D eigenvalue weighted by atomic mass is 16.5. The zero-order chi connectivity index (χ0) is 11.3. The van der Waals surface area contributed by atoms with Gasteiger partial charge in [0.15, 0.2) is 0 Å². The molecule has 0 aliphatic heterocycles. The van der Waals surface area contributed by atoms with Crippen molar-refractivity contribution in [1.29, 1.82) is 0 Å². The highest BCUT2D eigenvalue weighted by molar-refractivity contribution is 5.36. The van der Waals surface area contributed by atoms with Crippen molar-refractivity contribution in [2.24, 2.45) is 5.73 Å². The smallest absolute Gasteiger partial charge is 0.124 e. The van der Waals surface area contributed by atoms with Crippen LogP contribution in [-0.2, 0) is 6.54 Å². The Morgan fingerprint density at radius 3 is 2.80 bits per heavy atom. The molecule has 15 heavy (non-hydrogen) atoms. The van der Waals surface area contributed by atoms with Gasteiger partial charge in [-0.15, -0.1) is 0 Å². The predicted molar refractivity (Wildman–Crippen MR) is 64.0 cm³/mol. The van der Waals surface area contributed by atoms with Gasteiger partial charge >= 0.3 is 0 Å². The van der Waals surface area contributed by atoms with Crippen molar-refractivity contribution in [2.45, 2.75) is 26.8 Å². The van der Waals surface area contributed by atoms with Crippen LogP contribution in [0.2, 0.25) is 0 Å². The summed E-state index contributed by atoms with van der Waals surface area (Å²) < 4.78 is 5.66. The van der Waals surface area contributed by atoms with Crippen LogP contribution in [0.4, 0.5) is 0 Å². The third-order valence-corrected chi connectivity index (χ3v) is 2.37. The van der Waals surface area contributed by atoms with Gasteiger partial charge in [0.1, 0.15) is 12.4 Å². The molecule has 2 heteroatoms. The second-order valence-corrected chi connectivity index (χ2v) is 3.71. The maximum absolute atomic E-state index is 5.66. The van der Waals surface area contributed by atoms with Gasteiger partial charge in [-0.3, -0.25) is 0 Å². The molecule has 0 bridgehead atoms. The van der Waals surface area contributed by atoms with Gasteiger partial charge < -0.3 is 10.5 Å². The van der Waals surface area contributed by atoms with Crippen LogP contribution in [0.25, 0.3) is 0 Å². The molecule has 1 rings (SSSR count). The summed E-state index contributed by atoms with van der Waals surface area (Å²) in [6, 6.07) is 6.06. The fourth-order valence-electron chi connectivity index (χ4n) is 1.29. The van der Waals surface area contributed by atoms with Crippen molar-refractivity contribution in [3.8, 4) is 5.75 Å². The fraction of sp³-hybridized carbons (Fsp3) is 0.385. The number of rotatable bonds is 5. The molecule has 0 fully saturated rings. The topological polar surface area (TPSA) is 35.2 Å². The summed E-state index contributed by atoms with van der Waals surface area (Å²) in [5, 5.41) is 0. The second kappa shape index (κ2) is 5.56. The summed E-state index contributed by atoms with van der Waals surface area (Å²) in [7, 11) is 0. The lowest BCUT2D eigenvalue weighted by atomic mass is 10.1. The Morgan fingerprint density at radius 2 is 2.20 bits per heavy atom. The van der Waals surface area contributed by atoms with Gasteiger partial charge in [-0.2, -0.15) is 0 Å². The zero-order valence-electron chi connectivity index (χ0n) is 9.55. The number of nitrogens with two attached hydrogens (primary N) is 1. The average molecular weight is 205 g/mol. The minimum absolute atomic E-state index is 0.510. The van der Waals surface area contributed by atoms with E-state index in [0.29, 0.717) is 13.2 Å². The van der Waals surface area contributed by atoms with E-state index in [-0.39, 0.29) is 0 Å². The van der Waals surface area contributed by atoms with E-state index in [1.165, 1.54) is 5.56 Å². The van der Waals surface area contributed by atoms with E-state index in [1.807, 2.05) is 19.1 Å². The molecule has 0 unspecified atom stereocenters. The van der Waals surface area contributed by atoms with Crippen molar-refractivity contribution in [2.75, 3.05) is 6.61 Å². The van der Waals surface area contributed by atoms with Gasteiger partial charge in [-0.25, -0.2) is 0 Å². The maximum atomic E-state index is 5.66. The Balaban J connectivity index is 2.72. The van der Waals surface area contributed by atoms with Crippen LogP contribution in [0.5, 0.6) is 5.75 Å². The van der Waals surface area contributed by atoms with Crippen molar-refractivity contribution in [3.05, 3.63) is 41.5 Å². The Kier molecular flexibility index (Phi) is 4.37. The lowest BCUT2D eigenvalue weighted by molar-refractivity contribution is 0.345. The van der Waals surface area contributed by atoms with Crippen LogP contribution in [0.15, 0.2) is 30.4 Å². The van der Waals surface area contributed by atoms with Crippen LogP contribution >= 0.6 is 0 Å². The predicted octanol–water partition coefficient (Wildman–Crippen LogP) is 2.80. The quantitative estimate of drug-likeness (QED) is 0.750. The molecule has 0 atom stereocenters.